The molecule has 2 nitrogen and oxygen atoms in total. The second kappa shape index (κ2) is 5.13. The molecule has 1 heterocycles. The molecular formula is C17H22ClFN2. The van der Waals surface area contributed by atoms with Crippen molar-refractivity contribution in [2.24, 2.45) is 0 Å². The van der Waals surface area contributed by atoms with E-state index in [9.17, 15) is 4.39 Å². The van der Waals surface area contributed by atoms with Gasteiger partial charge in [-0.1, -0.05) is 59.2 Å². The third kappa shape index (κ3) is 3.13. The molecule has 0 radical (unpaired) electrons. The standard InChI is InChI=1S/C17H22ClFN2/c1-16(2,3)13-10-14(17(4,5)6)21(20-13)15-11(18)8-7-9-12(15)19/h7-10H,1-6H3. The molecule has 114 valence electrons. The third-order valence-electron chi connectivity index (χ3n) is 3.40. The zero-order chi connectivity index (χ0) is 16.0. The van der Waals surface area contributed by atoms with Crippen LogP contribution in [0.25, 0.3) is 5.69 Å². The van der Waals surface area contributed by atoms with Crippen molar-refractivity contribution in [1.29, 1.82) is 0 Å². The van der Waals surface area contributed by atoms with Gasteiger partial charge in [0.15, 0.2) is 0 Å². The summed E-state index contributed by atoms with van der Waals surface area (Å²) in [7, 11) is 0. The number of benzene rings is 1. The molecule has 0 spiro atoms. The summed E-state index contributed by atoms with van der Waals surface area (Å²) < 4.78 is 15.9. The molecule has 2 rings (SSSR count). The minimum atomic E-state index is -0.364. The maximum absolute atomic E-state index is 14.3. The number of para-hydroxylation sites is 1. The van der Waals surface area contributed by atoms with E-state index in [1.807, 2.05) is 6.07 Å². The van der Waals surface area contributed by atoms with Crippen LogP contribution in [-0.2, 0) is 10.8 Å². The molecule has 4 heteroatoms. The van der Waals surface area contributed by atoms with Crippen molar-refractivity contribution in [2.75, 3.05) is 0 Å². The number of rotatable bonds is 1. The zero-order valence-corrected chi connectivity index (χ0v) is 14.2. The number of hydrogen-bond donors (Lipinski definition) is 0. The van der Waals surface area contributed by atoms with Gasteiger partial charge in [-0.2, -0.15) is 5.10 Å². The summed E-state index contributed by atoms with van der Waals surface area (Å²) in [5, 5.41) is 5.00. The van der Waals surface area contributed by atoms with Gasteiger partial charge in [0.2, 0.25) is 0 Å². The van der Waals surface area contributed by atoms with Crippen molar-refractivity contribution in [2.45, 2.75) is 52.4 Å². The fourth-order valence-corrected chi connectivity index (χ4v) is 2.39. The van der Waals surface area contributed by atoms with Crippen LogP contribution >= 0.6 is 11.6 Å². The van der Waals surface area contributed by atoms with Gasteiger partial charge in [-0.15, -0.1) is 0 Å². The highest BCUT2D eigenvalue weighted by Crippen LogP contribution is 2.33. The molecule has 0 amide bonds. The Kier molecular flexibility index (Phi) is 3.92. The predicted molar refractivity (Wildman–Crippen MR) is 85.9 cm³/mol. The molecule has 1 aromatic heterocycles. The first kappa shape index (κ1) is 16.0. The number of aromatic nitrogens is 2. The SMILES string of the molecule is CC(C)(C)c1cc(C(C)(C)C)n(-c2c(F)cccc2Cl)n1. The highest BCUT2D eigenvalue weighted by molar-refractivity contribution is 6.32. The second-order valence-electron chi connectivity index (χ2n) is 7.40. The first-order valence-electron chi connectivity index (χ1n) is 7.07. The fourth-order valence-electron chi connectivity index (χ4n) is 2.14. The van der Waals surface area contributed by atoms with Crippen LogP contribution in [0.4, 0.5) is 4.39 Å². The highest BCUT2D eigenvalue weighted by atomic mass is 35.5. The van der Waals surface area contributed by atoms with Crippen molar-refractivity contribution < 1.29 is 4.39 Å². The van der Waals surface area contributed by atoms with Crippen LogP contribution in [0.5, 0.6) is 0 Å². The average Bonchev–Trinajstić information content (AvgIpc) is 2.72. The zero-order valence-electron chi connectivity index (χ0n) is 13.5. The lowest BCUT2D eigenvalue weighted by molar-refractivity contribution is 0.525. The molecule has 0 aliphatic carbocycles. The summed E-state index contributed by atoms with van der Waals surface area (Å²) in [6, 6.07) is 6.74. The Morgan fingerprint density at radius 2 is 1.67 bits per heavy atom. The first-order chi connectivity index (χ1) is 9.51. The van der Waals surface area contributed by atoms with Gasteiger partial charge in [0, 0.05) is 10.8 Å². The minimum absolute atomic E-state index is 0.108. The van der Waals surface area contributed by atoms with E-state index in [1.165, 1.54) is 6.07 Å². The van der Waals surface area contributed by atoms with Gasteiger partial charge in [-0.25, -0.2) is 9.07 Å². The maximum Gasteiger partial charge on any atom is 0.150 e. The van der Waals surface area contributed by atoms with Crippen molar-refractivity contribution in [3.63, 3.8) is 0 Å². The molecule has 0 unspecified atom stereocenters. The highest BCUT2D eigenvalue weighted by Gasteiger charge is 2.28. The van der Waals surface area contributed by atoms with E-state index in [2.05, 4.69) is 46.6 Å². The van der Waals surface area contributed by atoms with Crippen molar-refractivity contribution in [1.82, 2.24) is 9.78 Å². The molecule has 0 bridgehead atoms. The van der Waals surface area contributed by atoms with Crippen LogP contribution < -0.4 is 0 Å². The van der Waals surface area contributed by atoms with Gasteiger partial charge in [0.1, 0.15) is 11.5 Å². The van der Waals surface area contributed by atoms with Crippen LogP contribution in [0.3, 0.4) is 0 Å². The maximum atomic E-state index is 14.3. The summed E-state index contributed by atoms with van der Waals surface area (Å²) in [5.74, 6) is -0.364. The minimum Gasteiger partial charge on any atom is -0.232 e. The molecule has 0 fully saturated rings. The molecule has 0 aliphatic heterocycles. The van der Waals surface area contributed by atoms with Crippen molar-refractivity contribution in [3.8, 4) is 5.69 Å². The molecular weight excluding hydrogens is 287 g/mol. The summed E-state index contributed by atoms with van der Waals surface area (Å²) in [6.45, 7) is 12.5. The number of nitrogens with zero attached hydrogens (tertiary/aromatic N) is 2. The monoisotopic (exact) mass is 308 g/mol. The van der Waals surface area contributed by atoms with Crippen LogP contribution in [0.1, 0.15) is 52.9 Å². The molecule has 0 saturated carbocycles. The van der Waals surface area contributed by atoms with E-state index in [-0.39, 0.29) is 16.6 Å². The molecule has 2 aromatic rings. The average molecular weight is 309 g/mol. The lowest BCUT2D eigenvalue weighted by Gasteiger charge is -2.20. The van der Waals surface area contributed by atoms with E-state index in [1.54, 1.807) is 16.8 Å². The molecule has 0 aliphatic rings. The molecule has 0 saturated heterocycles. The summed E-state index contributed by atoms with van der Waals surface area (Å²) >= 11 is 6.21. The largest absolute Gasteiger partial charge is 0.232 e. The van der Waals surface area contributed by atoms with Gasteiger partial charge in [-0.3, -0.25) is 0 Å². The van der Waals surface area contributed by atoms with E-state index >= 15 is 0 Å². The van der Waals surface area contributed by atoms with Crippen molar-refractivity contribution in [3.05, 3.63) is 46.5 Å². The topological polar surface area (TPSA) is 17.8 Å². The smallest absolute Gasteiger partial charge is 0.150 e. The number of halogens is 2. The summed E-state index contributed by atoms with van der Waals surface area (Å²) in [5.41, 5.74) is 1.91. The Morgan fingerprint density at radius 3 is 2.14 bits per heavy atom. The molecule has 21 heavy (non-hydrogen) atoms. The lowest BCUT2D eigenvalue weighted by atomic mass is 9.88. The van der Waals surface area contributed by atoms with Crippen molar-refractivity contribution >= 4 is 11.6 Å². The Balaban J connectivity index is 2.76. The second-order valence-corrected chi connectivity index (χ2v) is 7.80. The van der Waals surface area contributed by atoms with Gasteiger partial charge >= 0.3 is 0 Å². The van der Waals surface area contributed by atoms with Gasteiger partial charge < -0.3 is 0 Å². The Hall–Kier alpha value is -1.35. The normalized spacial score (nSPS) is 12.8. The Morgan fingerprint density at radius 1 is 1.05 bits per heavy atom. The molecule has 0 N–H and O–H groups in total. The van der Waals surface area contributed by atoms with E-state index in [4.69, 9.17) is 11.6 Å². The third-order valence-corrected chi connectivity index (χ3v) is 3.70. The quantitative estimate of drug-likeness (QED) is 0.702. The molecule has 1 aromatic carbocycles. The van der Waals surface area contributed by atoms with Crippen LogP contribution in [-0.4, -0.2) is 9.78 Å². The van der Waals surface area contributed by atoms with Crippen LogP contribution in [0.2, 0.25) is 5.02 Å². The Labute approximate surface area is 130 Å². The van der Waals surface area contributed by atoms with Gasteiger partial charge in [0.25, 0.3) is 0 Å². The van der Waals surface area contributed by atoms with E-state index in [0.717, 1.165) is 11.4 Å². The first-order valence-corrected chi connectivity index (χ1v) is 7.45. The van der Waals surface area contributed by atoms with Gasteiger partial charge in [-0.05, 0) is 18.2 Å². The molecule has 0 atom stereocenters. The van der Waals surface area contributed by atoms with E-state index in [0.29, 0.717) is 10.7 Å². The van der Waals surface area contributed by atoms with E-state index < -0.39 is 0 Å². The summed E-state index contributed by atoms with van der Waals surface area (Å²) in [4.78, 5) is 0. The van der Waals surface area contributed by atoms with Gasteiger partial charge in [0.05, 0.1) is 16.4 Å². The Bertz CT molecular complexity index is 640. The predicted octanol–water partition coefficient (Wildman–Crippen LogP) is 5.26. The summed E-state index contributed by atoms with van der Waals surface area (Å²) in [6.07, 6.45) is 0. The fraction of sp³-hybridized carbons (Fsp3) is 0.471. The number of hydrogen-bond acceptors (Lipinski definition) is 1. The van der Waals surface area contributed by atoms with Crippen LogP contribution in [0.15, 0.2) is 24.3 Å². The lowest BCUT2D eigenvalue weighted by Crippen LogP contribution is -2.18. The van der Waals surface area contributed by atoms with Crippen LogP contribution in [0, 0.1) is 5.82 Å².